The van der Waals surface area contributed by atoms with Crippen LogP contribution in [-0.4, -0.2) is 41.0 Å². The number of piperidine rings is 2. The molecule has 1 spiro atoms. The van der Waals surface area contributed by atoms with E-state index in [0.29, 0.717) is 5.41 Å². The van der Waals surface area contributed by atoms with Crippen molar-refractivity contribution in [3.63, 3.8) is 0 Å². The zero-order valence-electron chi connectivity index (χ0n) is 16.0. The summed E-state index contributed by atoms with van der Waals surface area (Å²) in [4.78, 5) is 9.72. The summed E-state index contributed by atoms with van der Waals surface area (Å²) < 4.78 is 0. The van der Waals surface area contributed by atoms with Gasteiger partial charge in [0.05, 0.1) is 5.69 Å². The fourth-order valence-electron chi connectivity index (χ4n) is 4.54. The Labute approximate surface area is 158 Å². The number of rotatable bonds is 4. The summed E-state index contributed by atoms with van der Waals surface area (Å²) >= 11 is 0. The predicted octanol–water partition coefficient (Wildman–Crippen LogP) is 4.27. The third kappa shape index (κ3) is 4.33. The van der Waals surface area contributed by atoms with E-state index in [0.717, 1.165) is 13.1 Å². The minimum atomic E-state index is 0.602. The van der Waals surface area contributed by atoms with Crippen LogP contribution in [0.1, 0.15) is 42.5 Å². The molecule has 2 fully saturated rings. The van der Waals surface area contributed by atoms with Gasteiger partial charge in [0.2, 0.25) is 0 Å². The molecule has 3 nitrogen and oxygen atoms in total. The highest BCUT2D eigenvalue weighted by atomic mass is 15.2. The third-order valence-corrected chi connectivity index (χ3v) is 6.47. The number of pyridine rings is 1. The molecule has 0 amide bonds. The first-order valence-corrected chi connectivity index (χ1v) is 10.1. The maximum Gasteiger partial charge on any atom is 0.0543 e. The molecule has 0 saturated carbocycles. The molecule has 0 unspecified atom stereocenters. The highest BCUT2D eigenvalue weighted by molar-refractivity contribution is 5.21. The van der Waals surface area contributed by atoms with Gasteiger partial charge in [0.25, 0.3) is 0 Å². The van der Waals surface area contributed by atoms with E-state index in [-0.39, 0.29) is 0 Å². The molecular formula is C23H31N3. The molecule has 4 rings (SSSR count). The van der Waals surface area contributed by atoms with Gasteiger partial charge in [-0.15, -0.1) is 0 Å². The molecule has 1 aromatic heterocycles. The molecule has 0 radical (unpaired) electrons. The van der Waals surface area contributed by atoms with Crippen molar-refractivity contribution in [2.75, 3.05) is 26.2 Å². The average Bonchev–Trinajstić information content (AvgIpc) is 2.68. The molecule has 3 heterocycles. The molecule has 3 heteroatoms. The van der Waals surface area contributed by atoms with E-state index < -0.39 is 0 Å². The molecule has 0 aliphatic carbocycles. The molecule has 2 aromatic rings. The first-order valence-electron chi connectivity index (χ1n) is 10.1. The fraction of sp³-hybridized carbons (Fsp3) is 0.522. The summed E-state index contributed by atoms with van der Waals surface area (Å²) in [6.45, 7) is 9.26. The molecule has 2 saturated heterocycles. The molecule has 2 aliphatic heterocycles. The molecule has 1 aromatic carbocycles. The maximum absolute atomic E-state index is 4.48. The Bertz CT molecular complexity index is 677. The van der Waals surface area contributed by atoms with Crippen molar-refractivity contribution in [2.45, 2.75) is 45.7 Å². The largest absolute Gasteiger partial charge is 0.299 e. The lowest BCUT2D eigenvalue weighted by Gasteiger charge is -2.47. The van der Waals surface area contributed by atoms with Crippen LogP contribution in [0, 0.1) is 12.3 Å². The number of nitrogens with zero attached hydrogens (tertiary/aromatic N) is 3. The smallest absolute Gasteiger partial charge is 0.0543 e. The lowest BCUT2D eigenvalue weighted by molar-refractivity contribution is 0.0296. The van der Waals surface area contributed by atoms with Gasteiger partial charge in [-0.05, 0) is 81.9 Å². The van der Waals surface area contributed by atoms with Gasteiger partial charge >= 0.3 is 0 Å². The average molecular weight is 350 g/mol. The molecular weight excluding hydrogens is 318 g/mol. The first kappa shape index (κ1) is 17.7. The Morgan fingerprint density at radius 1 is 0.808 bits per heavy atom. The maximum atomic E-state index is 4.48. The van der Waals surface area contributed by atoms with E-state index in [2.05, 4.69) is 58.1 Å². The minimum Gasteiger partial charge on any atom is -0.299 e. The standard InChI is InChI=1S/C23H31N3/c1-20-5-7-21(8-6-20)18-25-14-9-23(10-15-25)11-16-26(17-12-23)19-22-4-2-3-13-24-22/h2-8,13H,9-12,14-19H2,1H3. The summed E-state index contributed by atoms with van der Waals surface area (Å²) in [5.74, 6) is 0. The van der Waals surface area contributed by atoms with Gasteiger partial charge < -0.3 is 0 Å². The van der Waals surface area contributed by atoms with E-state index in [1.165, 1.54) is 68.7 Å². The van der Waals surface area contributed by atoms with Crippen molar-refractivity contribution in [1.29, 1.82) is 0 Å². The highest BCUT2D eigenvalue weighted by Gasteiger charge is 2.37. The SMILES string of the molecule is Cc1ccc(CN2CCC3(CC2)CCN(Cc2ccccn2)CC3)cc1. The van der Waals surface area contributed by atoms with Crippen molar-refractivity contribution in [1.82, 2.24) is 14.8 Å². The van der Waals surface area contributed by atoms with E-state index in [1.807, 2.05) is 12.3 Å². The topological polar surface area (TPSA) is 19.4 Å². The Kier molecular flexibility index (Phi) is 5.37. The van der Waals surface area contributed by atoms with Crippen molar-refractivity contribution >= 4 is 0 Å². The highest BCUT2D eigenvalue weighted by Crippen LogP contribution is 2.41. The van der Waals surface area contributed by atoms with Gasteiger partial charge in [-0.2, -0.15) is 0 Å². The number of hydrogen-bond acceptors (Lipinski definition) is 3. The van der Waals surface area contributed by atoms with Crippen molar-refractivity contribution in [3.8, 4) is 0 Å². The number of aromatic nitrogens is 1. The van der Waals surface area contributed by atoms with E-state index >= 15 is 0 Å². The lowest BCUT2D eigenvalue weighted by Crippen LogP contribution is -2.46. The van der Waals surface area contributed by atoms with Gasteiger partial charge in [-0.25, -0.2) is 0 Å². The van der Waals surface area contributed by atoms with Crippen LogP contribution in [0.5, 0.6) is 0 Å². The zero-order valence-corrected chi connectivity index (χ0v) is 16.0. The molecule has 0 N–H and O–H groups in total. The number of likely N-dealkylation sites (tertiary alicyclic amines) is 2. The molecule has 0 atom stereocenters. The summed E-state index contributed by atoms with van der Waals surface area (Å²) in [6.07, 6.45) is 7.37. The van der Waals surface area contributed by atoms with Gasteiger partial charge in [0.1, 0.15) is 0 Å². The summed E-state index contributed by atoms with van der Waals surface area (Å²) in [5.41, 5.74) is 4.61. The predicted molar refractivity (Wildman–Crippen MR) is 107 cm³/mol. The van der Waals surface area contributed by atoms with Crippen molar-refractivity contribution in [2.24, 2.45) is 5.41 Å². The number of hydrogen-bond donors (Lipinski definition) is 0. The van der Waals surface area contributed by atoms with Crippen LogP contribution in [-0.2, 0) is 13.1 Å². The molecule has 0 bridgehead atoms. The van der Waals surface area contributed by atoms with Crippen LogP contribution in [0.25, 0.3) is 0 Å². The summed E-state index contributed by atoms with van der Waals surface area (Å²) in [5, 5.41) is 0. The van der Waals surface area contributed by atoms with Crippen LogP contribution in [0.3, 0.4) is 0 Å². The van der Waals surface area contributed by atoms with Crippen LogP contribution >= 0.6 is 0 Å². The van der Waals surface area contributed by atoms with Crippen molar-refractivity contribution in [3.05, 3.63) is 65.5 Å². The van der Waals surface area contributed by atoms with Crippen LogP contribution in [0.15, 0.2) is 48.7 Å². The lowest BCUT2D eigenvalue weighted by atomic mass is 9.71. The van der Waals surface area contributed by atoms with Gasteiger partial charge in [0.15, 0.2) is 0 Å². The third-order valence-electron chi connectivity index (χ3n) is 6.47. The fourth-order valence-corrected chi connectivity index (χ4v) is 4.54. The summed E-state index contributed by atoms with van der Waals surface area (Å²) in [6, 6.07) is 15.3. The van der Waals surface area contributed by atoms with Crippen molar-refractivity contribution < 1.29 is 0 Å². The normalized spacial score (nSPS) is 21.1. The van der Waals surface area contributed by atoms with E-state index in [9.17, 15) is 0 Å². The number of aryl methyl sites for hydroxylation is 1. The van der Waals surface area contributed by atoms with Gasteiger partial charge in [0, 0.05) is 19.3 Å². The second kappa shape index (κ2) is 7.89. The Morgan fingerprint density at radius 2 is 1.42 bits per heavy atom. The molecule has 138 valence electrons. The zero-order chi connectivity index (χ0) is 17.8. The summed E-state index contributed by atoms with van der Waals surface area (Å²) in [7, 11) is 0. The monoisotopic (exact) mass is 349 g/mol. The van der Waals surface area contributed by atoms with E-state index in [1.54, 1.807) is 0 Å². The van der Waals surface area contributed by atoms with Gasteiger partial charge in [-0.1, -0.05) is 35.9 Å². The molecule has 26 heavy (non-hydrogen) atoms. The van der Waals surface area contributed by atoms with Crippen LogP contribution in [0.2, 0.25) is 0 Å². The van der Waals surface area contributed by atoms with Crippen LogP contribution in [0.4, 0.5) is 0 Å². The molecule has 2 aliphatic rings. The minimum absolute atomic E-state index is 0.602. The van der Waals surface area contributed by atoms with Crippen LogP contribution < -0.4 is 0 Å². The second-order valence-electron chi connectivity index (χ2n) is 8.36. The second-order valence-corrected chi connectivity index (χ2v) is 8.36. The Morgan fingerprint density at radius 3 is 2.00 bits per heavy atom. The van der Waals surface area contributed by atoms with E-state index in [4.69, 9.17) is 0 Å². The Balaban J connectivity index is 1.25. The van der Waals surface area contributed by atoms with Gasteiger partial charge in [-0.3, -0.25) is 14.8 Å². The Hall–Kier alpha value is -1.71. The number of benzene rings is 1. The first-order chi connectivity index (χ1) is 12.7. The quantitative estimate of drug-likeness (QED) is 0.822.